The Labute approximate surface area is 270 Å². The quantitative estimate of drug-likeness (QED) is 0.145. The monoisotopic (exact) mass is 783 g/mol. The van der Waals surface area contributed by atoms with Gasteiger partial charge in [0.25, 0.3) is 0 Å². The van der Waals surface area contributed by atoms with Gasteiger partial charge in [0, 0.05) is 46.9 Å². The van der Waals surface area contributed by atoms with E-state index in [-0.39, 0.29) is 32.5 Å². The maximum atomic E-state index is 14.9. The Balaban J connectivity index is 0.00000357. The van der Waals surface area contributed by atoms with Gasteiger partial charge in [0.1, 0.15) is 24.9 Å². The molecule has 0 atom stereocenters. The van der Waals surface area contributed by atoms with E-state index in [2.05, 4.69) is 22.2 Å². The van der Waals surface area contributed by atoms with Crippen LogP contribution in [0.15, 0.2) is 97.5 Å². The number of halogens is 3. The summed E-state index contributed by atoms with van der Waals surface area (Å²) in [6, 6.07) is 28.9. The molecule has 0 saturated heterocycles. The number of hydrogen-bond acceptors (Lipinski definition) is 4. The van der Waals surface area contributed by atoms with Crippen LogP contribution >= 0.6 is 0 Å². The van der Waals surface area contributed by atoms with E-state index in [1.54, 1.807) is 49.8 Å². The van der Waals surface area contributed by atoms with Gasteiger partial charge in [-0.1, -0.05) is 48.0 Å². The molecular weight excluding hydrogens is 760 g/mol. The molecule has 0 fully saturated rings. The molecule has 0 bridgehead atoms. The second-order valence-electron chi connectivity index (χ2n) is 10.0. The van der Waals surface area contributed by atoms with Crippen molar-refractivity contribution in [2.75, 3.05) is 7.11 Å². The minimum Gasteiger partial charge on any atom is -0.509 e. The largest absolute Gasteiger partial charge is 2.00 e. The fraction of sp³-hybridized carbons (Fsp3) is 0.0857. The van der Waals surface area contributed by atoms with Gasteiger partial charge in [-0.05, 0) is 39.9 Å². The van der Waals surface area contributed by atoms with Crippen molar-refractivity contribution in [1.82, 2.24) is 19.3 Å². The third-order valence-corrected chi connectivity index (χ3v) is 7.40. The number of rotatable bonds is 8. The predicted molar refractivity (Wildman–Crippen MR) is 161 cm³/mol. The molecule has 0 radical (unpaired) electrons. The predicted octanol–water partition coefficient (Wildman–Crippen LogP) is 8.51. The zero-order valence-corrected chi connectivity index (χ0v) is 26.0. The number of alkyl halides is 2. The van der Waals surface area contributed by atoms with Crippen LogP contribution in [0.2, 0.25) is 0 Å². The maximum absolute atomic E-state index is 14.9. The van der Waals surface area contributed by atoms with E-state index in [0.29, 0.717) is 45.1 Å². The van der Waals surface area contributed by atoms with Crippen molar-refractivity contribution in [1.29, 1.82) is 0 Å². The minimum absolute atomic E-state index is 0. The van der Waals surface area contributed by atoms with E-state index < -0.39 is 19.2 Å². The number of methoxy groups -OCH3 is 1. The van der Waals surface area contributed by atoms with E-state index >= 15 is 0 Å². The molecule has 0 aliphatic carbocycles. The van der Waals surface area contributed by atoms with Crippen LogP contribution in [-0.4, -0.2) is 26.4 Å². The van der Waals surface area contributed by atoms with Gasteiger partial charge in [-0.2, -0.15) is 11.2 Å². The van der Waals surface area contributed by atoms with Crippen molar-refractivity contribution in [2.45, 2.75) is 13.3 Å². The molecule has 3 heterocycles. The van der Waals surface area contributed by atoms with Crippen molar-refractivity contribution < 1.29 is 43.7 Å². The summed E-state index contributed by atoms with van der Waals surface area (Å²) in [4.78, 5) is 4.56. The van der Waals surface area contributed by atoms with E-state index in [0.717, 1.165) is 16.3 Å². The van der Waals surface area contributed by atoms with Crippen molar-refractivity contribution in [2.24, 2.45) is 0 Å². The normalized spacial score (nSPS) is 11.1. The number of aromatic nitrogens is 4. The summed E-state index contributed by atoms with van der Waals surface area (Å²) in [7, 11) is 1.60. The van der Waals surface area contributed by atoms with Crippen molar-refractivity contribution in [3.63, 3.8) is 0 Å². The molecule has 0 aliphatic heterocycles. The molecule has 0 saturated carbocycles. The SMILES string of the molecule is COc1ccnc(-n2c3[c-]c(Oc4[c-]c(-n5cc(-c6c(CF)cccc6CF)cn5)cc(F)c4)ccc3c3ccccc32)c1.[Pt+2]. The van der Waals surface area contributed by atoms with Crippen LogP contribution in [-0.2, 0) is 34.4 Å². The Kier molecular flexibility index (Phi) is 8.46. The number of ether oxygens (including phenoxy) is 2. The first-order chi connectivity index (χ1) is 21.6. The zero-order valence-electron chi connectivity index (χ0n) is 23.7. The molecule has 0 amide bonds. The molecule has 0 aliphatic rings. The number of para-hydroxylation sites is 1. The molecule has 6 nitrogen and oxygen atoms in total. The minimum atomic E-state index is -0.758. The molecule has 45 heavy (non-hydrogen) atoms. The molecule has 7 rings (SSSR count). The van der Waals surface area contributed by atoms with E-state index in [9.17, 15) is 13.2 Å². The number of pyridine rings is 1. The molecule has 10 heteroatoms. The van der Waals surface area contributed by atoms with Gasteiger partial charge in [0.05, 0.1) is 13.3 Å². The number of hydrogen-bond donors (Lipinski definition) is 0. The van der Waals surface area contributed by atoms with Crippen LogP contribution in [0.4, 0.5) is 13.2 Å². The smallest absolute Gasteiger partial charge is 0.509 e. The number of fused-ring (bicyclic) bond motifs is 3. The summed E-state index contributed by atoms with van der Waals surface area (Å²) < 4.78 is 57.1. The molecule has 7 aromatic rings. The standard InChI is InChI=1S/C35H23F3N4O2.Pt/c1-43-27-11-12-39-34(17-27)42-32-8-3-2-7-30(32)31-10-9-28(16-33(31)42)44-29-14-25(38)13-26(15-29)41-21-24(20-40-41)35-22(18-36)5-4-6-23(35)19-37;/h2-14,17,20-21H,18-19H2,1H3;/q-2;+2. The van der Waals surface area contributed by atoms with Crippen LogP contribution in [0.25, 0.3) is 44.4 Å². The van der Waals surface area contributed by atoms with E-state index in [4.69, 9.17) is 9.47 Å². The summed E-state index contributed by atoms with van der Waals surface area (Å²) in [5.41, 5.74) is 3.52. The molecule has 3 aromatic heterocycles. The van der Waals surface area contributed by atoms with Gasteiger partial charge < -0.3 is 14.0 Å². The van der Waals surface area contributed by atoms with Gasteiger partial charge in [-0.15, -0.1) is 29.7 Å². The first kappa shape index (κ1) is 30.2. The summed E-state index contributed by atoms with van der Waals surface area (Å²) in [5, 5.41) is 6.26. The Bertz CT molecular complexity index is 2140. The van der Waals surface area contributed by atoms with Gasteiger partial charge in [0.2, 0.25) is 0 Å². The maximum Gasteiger partial charge on any atom is 2.00 e. The molecule has 226 valence electrons. The summed E-state index contributed by atoms with van der Waals surface area (Å²) in [6.07, 6.45) is 4.74. The van der Waals surface area contributed by atoms with Crippen LogP contribution in [0, 0.1) is 17.9 Å². The van der Waals surface area contributed by atoms with Crippen LogP contribution in [0.1, 0.15) is 11.1 Å². The second-order valence-corrected chi connectivity index (χ2v) is 10.0. The van der Waals surface area contributed by atoms with Crippen LogP contribution in [0.3, 0.4) is 0 Å². The fourth-order valence-electron chi connectivity index (χ4n) is 5.44. The Morgan fingerprint density at radius 3 is 2.42 bits per heavy atom. The first-order valence-corrected chi connectivity index (χ1v) is 13.7. The summed E-state index contributed by atoms with van der Waals surface area (Å²) >= 11 is 0. The third kappa shape index (κ3) is 5.60. The molecule has 0 N–H and O–H groups in total. The number of benzene rings is 4. The van der Waals surface area contributed by atoms with Crippen LogP contribution < -0.4 is 9.47 Å². The first-order valence-electron chi connectivity index (χ1n) is 13.7. The topological polar surface area (TPSA) is 54.1 Å². The van der Waals surface area contributed by atoms with Crippen molar-refractivity contribution >= 4 is 21.8 Å². The Morgan fingerprint density at radius 2 is 1.64 bits per heavy atom. The third-order valence-electron chi connectivity index (χ3n) is 7.40. The summed E-state index contributed by atoms with van der Waals surface area (Å²) in [6.45, 7) is -1.52. The van der Waals surface area contributed by atoms with E-state index in [1.807, 2.05) is 41.0 Å². The van der Waals surface area contributed by atoms with Gasteiger partial charge >= 0.3 is 21.1 Å². The zero-order chi connectivity index (χ0) is 30.2. The number of nitrogens with zero attached hydrogens (tertiary/aromatic N) is 4. The van der Waals surface area contributed by atoms with E-state index in [1.165, 1.54) is 23.0 Å². The van der Waals surface area contributed by atoms with Crippen molar-refractivity contribution in [3.8, 4) is 39.9 Å². The van der Waals surface area contributed by atoms with Crippen LogP contribution in [0.5, 0.6) is 17.2 Å². The average Bonchev–Trinajstić information content (AvgIpc) is 3.67. The molecule has 0 unspecified atom stereocenters. The summed E-state index contributed by atoms with van der Waals surface area (Å²) in [5.74, 6) is 1.16. The Morgan fingerprint density at radius 1 is 0.844 bits per heavy atom. The second kappa shape index (κ2) is 12.6. The van der Waals surface area contributed by atoms with Gasteiger partial charge in [-0.3, -0.25) is 4.68 Å². The average molecular weight is 784 g/mol. The Hall–Kier alpha value is -4.88. The molecule has 0 spiro atoms. The van der Waals surface area contributed by atoms with Gasteiger partial charge in [0.15, 0.2) is 0 Å². The van der Waals surface area contributed by atoms with Crippen molar-refractivity contribution in [3.05, 3.63) is 127 Å². The molecule has 4 aromatic carbocycles. The fourth-order valence-corrected chi connectivity index (χ4v) is 5.44. The molecular formula is C35H23F3N4O2Pt. The van der Waals surface area contributed by atoms with Gasteiger partial charge in [-0.25, -0.2) is 18.2 Å².